The van der Waals surface area contributed by atoms with Gasteiger partial charge in [0.25, 0.3) is 5.91 Å². The molecular formula is C21H21F2N5O4S. The predicted octanol–water partition coefficient (Wildman–Crippen LogP) is 3.63. The molecule has 2 aromatic heterocycles. The van der Waals surface area contributed by atoms with Crippen molar-refractivity contribution >= 4 is 34.2 Å². The highest BCUT2D eigenvalue weighted by molar-refractivity contribution is 7.20. The van der Waals surface area contributed by atoms with Crippen LogP contribution in [0.2, 0.25) is 0 Å². The van der Waals surface area contributed by atoms with Gasteiger partial charge in [-0.3, -0.25) is 4.79 Å². The number of benzene rings is 1. The van der Waals surface area contributed by atoms with Crippen LogP contribution < -0.4 is 16.4 Å². The maximum Gasteiger partial charge on any atom is 0.407 e. The van der Waals surface area contributed by atoms with E-state index in [1.165, 1.54) is 25.4 Å². The van der Waals surface area contributed by atoms with Crippen molar-refractivity contribution in [2.24, 2.45) is 5.73 Å². The zero-order chi connectivity index (χ0) is 24.1. The second-order valence-electron chi connectivity index (χ2n) is 6.81. The van der Waals surface area contributed by atoms with E-state index in [4.69, 9.17) is 10.5 Å². The predicted molar refractivity (Wildman–Crippen MR) is 118 cm³/mol. The topological polar surface area (TPSA) is 139 Å². The number of anilines is 2. The monoisotopic (exact) mass is 477 g/mol. The summed E-state index contributed by atoms with van der Waals surface area (Å²) >= 11 is 0.902. The average Bonchev–Trinajstić information content (AvgIpc) is 3.20. The SMILES string of the molecule is CCC(O)c1cc(F)c(-c2cc(C(N)=O)c(Nc3ccnc(COC(=O)NC)n3)s2)c(F)c1. The molecule has 0 saturated heterocycles. The number of aromatic nitrogens is 2. The third-order valence-corrected chi connectivity index (χ3v) is 5.63. The Bertz CT molecular complexity index is 1160. The highest BCUT2D eigenvalue weighted by Crippen LogP contribution is 2.39. The lowest BCUT2D eigenvalue weighted by atomic mass is 10.0. The van der Waals surface area contributed by atoms with E-state index in [1.54, 1.807) is 6.92 Å². The Hall–Kier alpha value is -3.64. The van der Waals surface area contributed by atoms with Crippen LogP contribution >= 0.6 is 11.3 Å². The van der Waals surface area contributed by atoms with Crippen molar-refractivity contribution in [2.75, 3.05) is 12.4 Å². The Morgan fingerprint density at radius 1 is 1.27 bits per heavy atom. The Morgan fingerprint density at radius 2 is 1.97 bits per heavy atom. The van der Waals surface area contributed by atoms with Gasteiger partial charge in [0.05, 0.1) is 17.2 Å². The van der Waals surface area contributed by atoms with Gasteiger partial charge in [0.2, 0.25) is 0 Å². The molecule has 0 radical (unpaired) electrons. The number of rotatable bonds is 8. The highest BCUT2D eigenvalue weighted by atomic mass is 32.1. The van der Waals surface area contributed by atoms with Gasteiger partial charge >= 0.3 is 6.09 Å². The van der Waals surface area contributed by atoms with E-state index in [1.807, 2.05) is 0 Å². The number of hydrogen-bond acceptors (Lipinski definition) is 8. The summed E-state index contributed by atoms with van der Waals surface area (Å²) in [5.41, 5.74) is 5.24. The first-order chi connectivity index (χ1) is 15.7. The van der Waals surface area contributed by atoms with Crippen molar-refractivity contribution < 1.29 is 28.2 Å². The lowest BCUT2D eigenvalue weighted by Crippen LogP contribution is -2.19. The van der Waals surface area contributed by atoms with Gasteiger partial charge in [-0.05, 0) is 36.2 Å². The zero-order valence-corrected chi connectivity index (χ0v) is 18.5. The molecule has 12 heteroatoms. The van der Waals surface area contributed by atoms with E-state index in [2.05, 4.69) is 20.6 Å². The molecule has 0 bridgehead atoms. The third-order valence-electron chi connectivity index (χ3n) is 4.56. The minimum atomic E-state index is -0.996. The summed E-state index contributed by atoms with van der Waals surface area (Å²) in [5.74, 6) is -2.13. The molecule has 174 valence electrons. The number of thiophene rings is 1. The number of nitrogens with two attached hydrogens (primary N) is 1. The summed E-state index contributed by atoms with van der Waals surface area (Å²) in [6.07, 6.45) is 0.0566. The van der Waals surface area contributed by atoms with Crippen LogP contribution in [-0.4, -0.2) is 34.1 Å². The molecule has 3 rings (SSSR count). The van der Waals surface area contributed by atoms with Crippen LogP contribution in [-0.2, 0) is 11.3 Å². The number of primary amides is 1. The Balaban J connectivity index is 1.93. The van der Waals surface area contributed by atoms with Crippen molar-refractivity contribution in [3.63, 3.8) is 0 Å². The molecule has 9 nitrogen and oxygen atoms in total. The van der Waals surface area contributed by atoms with E-state index in [9.17, 15) is 23.5 Å². The number of ether oxygens (including phenoxy) is 1. The van der Waals surface area contributed by atoms with Gasteiger partial charge in [-0.1, -0.05) is 6.92 Å². The molecular weight excluding hydrogens is 456 g/mol. The summed E-state index contributed by atoms with van der Waals surface area (Å²) in [4.78, 5) is 31.5. The van der Waals surface area contributed by atoms with Gasteiger partial charge < -0.3 is 26.2 Å². The van der Waals surface area contributed by atoms with Crippen molar-refractivity contribution in [2.45, 2.75) is 26.1 Å². The summed E-state index contributed by atoms with van der Waals surface area (Å²) < 4.78 is 34.4. The first kappa shape index (κ1) is 24.0. The molecule has 0 spiro atoms. The lowest BCUT2D eigenvalue weighted by Gasteiger charge is -2.11. The molecule has 0 aliphatic heterocycles. The van der Waals surface area contributed by atoms with Crippen LogP contribution in [0.4, 0.5) is 24.4 Å². The van der Waals surface area contributed by atoms with Gasteiger partial charge in [-0.15, -0.1) is 11.3 Å². The molecule has 1 aromatic carbocycles. The summed E-state index contributed by atoms with van der Waals surface area (Å²) in [6.45, 7) is 1.49. The largest absolute Gasteiger partial charge is 0.441 e. The van der Waals surface area contributed by atoms with Crippen LogP contribution in [0.3, 0.4) is 0 Å². The van der Waals surface area contributed by atoms with E-state index >= 15 is 0 Å². The maximum absolute atomic E-state index is 14.7. The molecule has 5 N–H and O–H groups in total. The van der Waals surface area contributed by atoms with Gasteiger partial charge in [-0.2, -0.15) is 0 Å². The van der Waals surface area contributed by atoms with Crippen LogP contribution in [0.15, 0.2) is 30.5 Å². The summed E-state index contributed by atoms with van der Waals surface area (Å²) in [7, 11) is 1.41. The third kappa shape index (κ3) is 5.59. The summed E-state index contributed by atoms with van der Waals surface area (Å²) in [5, 5.41) is 15.3. The number of aliphatic hydroxyl groups excluding tert-OH is 1. The molecule has 33 heavy (non-hydrogen) atoms. The van der Waals surface area contributed by atoms with Crippen LogP contribution in [0.25, 0.3) is 10.4 Å². The fraction of sp³-hybridized carbons (Fsp3) is 0.238. The molecule has 0 fully saturated rings. The standard InChI is InChI=1S/C21H21F2N5O4S/c1-3-14(29)10-6-12(22)18(13(23)7-10)15-8-11(19(24)30)20(33-15)28-16-4-5-26-17(27-16)9-32-21(31)25-2/h4-8,14,29H,3,9H2,1-2H3,(H2,24,30)(H,25,31)(H,26,27,28). The molecule has 3 aromatic rings. The number of nitrogens with zero attached hydrogens (tertiary/aromatic N) is 2. The van der Waals surface area contributed by atoms with E-state index in [0.717, 1.165) is 23.5 Å². The number of aliphatic hydroxyl groups is 1. The van der Waals surface area contributed by atoms with Crippen molar-refractivity contribution in [1.82, 2.24) is 15.3 Å². The van der Waals surface area contributed by atoms with Gasteiger partial charge in [0.1, 0.15) is 22.5 Å². The number of amides is 2. The zero-order valence-electron chi connectivity index (χ0n) is 17.7. The number of hydrogen-bond donors (Lipinski definition) is 4. The molecule has 2 heterocycles. The molecule has 2 amide bonds. The number of halogens is 2. The van der Waals surface area contributed by atoms with Gasteiger partial charge in [-0.25, -0.2) is 23.5 Å². The first-order valence-electron chi connectivity index (χ1n) is 9.77. The molecule has 1 unspecified atom stereocenters. The number of carbonyl (C=O) groups is 2. The molecule has 0 saturated carbocycles. The second kappa shape index (κ2) is 10.3. The van der Waals surface area contributed by atoms with E-state index in [-0.39, 0.29) is 44.8 Å². The maximum atomic E-state index is 14.7. The smallest absolute Gasteiger partial charge is 0.407 e. The quantitative estimate of drug-likeness (QED) is 0.388. The van der Waals surface area contributed by atoms with Crippen LogP contribution in [0.1, 0.15) is 41.2 Å². The number of alkyl carbamates (subject to hydrolysis) is 1. The van der Waals surface area contributed by atoms with Crippen LogP contribution in [0.5, 0.6) is 0 Å². The van der Waals surface area contributed by atoms with Crippen molar-refractivity contribution in [3.05, 3.63) is 59.0 Å². The van der Waals surface area contributed by atoms with Gasteiger partial charge in [0, 0.05) is 18.1 Å². The van der Waals surface area contributed by atoms with Crippen molar-refractivity contribution in [1.29, 1.82) is 0 Å². The minimum Gasteiger partial charge on any atom is -0.441 e. The normalized spacial score (nSPS) is 11.7. The Kier molecular flexibility index (Phi) is 7.51. The second-order valence-corrected chi connectivity index (χ2v) is 7.86. The fourth-order valence-electron chi connectivity index (χ4n) is 2.90. The van der Waals surface area contributed by atoms with E-state index < -0.39 is 29.7 Å². The van der Waals surface area contributed by atoms with E-state index in [0.29, 0.717) is 6.42 Å². The lowest BCUT2D eigenvalue weighted by molar-refractivity contribution is 0.100. The Labute approximate surface area is 191 Å². The average molecular weight is 477 g/mol. The molecule has 0 aliphatic rings. The first-order valence-corrected chi connectivity index (χ1v) is 10.6. The number of nitrogens with one attached hydrogen (secondary N) is 2. The minimum absolute atomic E-state index is 0.00763. The van der Waals surface area contributed by atoms with Crippen LogP contribution in [0, 0.1) is 11.6 Å². The van der Waals surface area contributed by atoms with Crippen molar-refractivity contribution in [3.8, 4) is 10.4 Å². The summed E-state index contributed by atoms with van der Waals surface area (Å²) in [6, 6.07) is 4.90. The molecule has 0 aliphatic carbocycles. The number of carbonyl (C=O) groups excluding carboxylic acids is 2. The highest BCUT2D eigenvalue weighted by Gasteiger charge is 2.22. The Morgan fingerprint density at radius 3 is 2.58 bits per heavy atom. The van der Waals surface area contributed by atoms with Gasteiger partial charge in [0.15, 0.2) is 12.4 Å². The fourth-order valence-corrected chi connectivity index (χ4v) is 4.02. The molecule has 1 atom stereocenters.